The third-order valence-corrected chi connectivity index (χ3v) is 5.06. The first-order valence-corrected chi connectivity index (χ1v) is 9.35. The van der Waals surface area contributed by atoms with Crippen molar-refractivity contribution in [2.45, 2.75) is 51.7 Å². The third kappa shape index (κ3) is 4.64. The molecule has 0 radical (unpaired) electrons. The molecule has 2 aliphatic rings. The molecule has 2 fully saturated rings. The van der Waals surface area contributed by atoms with E-state index in [2.05, 4.69) is 0 Å². The number of nitrogens with zero attached hydrogens (tertiary/aromatic N) is 2. The number of hydrogen-bond donors (Lipinski definition) is 0. The molecule has 0 aromatic heterocycles. The predicted molar refractivity (Wildman–Crippen MR) is 95.9 cm³/mol. The monoisotopic (exact) mass is 376 g/mol. The van der Waals surface area contributed by atoms with Gasteiger partial charge in [0.15, 0.2) is 6.61 Å². The van der Waals surface area contributed by atoms with E-state index in [1.54, 1.807) is 28.0 Å². The summed E-state index contributed by atoms with van der Waals surface area (Å²) in [5.74, 6) is -1.82. The Bertz CT molecular complexity index is 732. The zero-order chi connectivity index (χ0) is 19.6. The fraction of sp³-hybridized carbons (Fsp3) is 0.550. The molecular weight excluding hydrogens is 351 g/mol. The first-order chi connectivity index (χ1) is 12.9. The van der Waals surface area contributed by atoms with Crippen LogP contribution in [0, 0.1) is 11.7 Å². The Balaban J connectivity index is 1.55. The highest BCUT2D eigenvalue weighted by atomic mass is 19.1. The van der Waals surface area contributed by atoms with Gasteiger partial charge in [-0.3, -0.25) is 14.4 Å². The number of carbonyl (C=O) groups excluding carboxylic acids is 3. The van der Waals surface area contributed by atoms with Crippen LogP contribution in [0.2, 0.25) is 0 Å². The third-order valence-electron chi connectivity index (χ3n) is 5.06. The zero-order valence-electron chi connectivity index (χ0n) is 15.7. The standard InChI is InChI=1S/C20H25FN2O4/c1-13(2)22-11-15(9-18(22)24)20(26)27-12-19(25)23(16-7-8-16)10-14-5-3-4-6-17(14)21/h3-6,13,15-16H,7-12H2,1-2H3/t15-/m0/s1. The molecule has 146 valence electrons. The number of amides is 2. The lowest BCUT2D eigenvalue weighted by molar-refractivity contribution is -0.155. The van der Waals surface area contributed by atoms with E-state index in [-0.39, 0.29) is 49.3 Å². The molecule has 3 rings (SSSR count). The minimum absolute atomic E-state index is 0.0306. The minimum Gasteiger partial charge on any atom is -0.455 e. The Morgan fingerprint density at radius 3 is 2.59 bits per heavy atom. The lowest BCUT2D eigenvalue weighted by Crippen LogP contribution is -2.37. The average molecular weight is 376 g/mol. The summed E-state index contributed by atoms with van der Waals surface area (Å²) in [7, 11) is 0. The molecule has 1 atom stereocenters. The highest BCUT2D eigenvalue weighted by molar-refractivity contribution is 5.88. The van der Waals surface area contributed by atoms with Gasteiger partial charge in [0.05, 0.1) is 5.92 Å². The molecule has 0 unspecified atom stereocenters. The topological polar surface area (TPSA) is 66.9 Å². The van der Waals surface area contributed by atoms with Crippen LogP contribution in [0.25, 0.3) is 0 Å². The van der Waals surface area contributed by atoms with Gasteiger partial charge < -0.3 is 14.5 Å². The smallest absolute Gasteiger partial charge is 0.311 e. The Kier molecular flexibility index (Phi) is 5.77. The molecule has 1 heterocycles. The first-order valence-electron chi connectivity index (χ1n) is 9.35. The molecule has 27 heavy (non-hydrogen) atoms. The second-order valence-electron chi connectivity index (χ2n) is 7.49. The number of ether oxygens (including phenoxy) is 1. The van der Waals surface area contributed by atoms with Crippen LogP contribution in [0.5, 0.6) is 0 Å². The largest absolute Gasteiger partial charge is 0.455 e. The van der Waals surface area contributed by atoms with E-state index in [9.17, 15) is 18.8 Å². The van der Waals surface area contributed by atoms with Crippen molar-refractivity contribution in [2.24, 2.45) is 5.92 Å². The van der Waals surface area contributed by atoms with E-state index in [0.29, 0.717) is 12.1 Å². The molecular formula is C20H25FN2O4. The normalized spacial score (nSPS) is 19.5. The fourth-order valence-corrected chi connectivity index (χ4v) is 3.34. The number of carbonyl (C=O) groups is 3. The molecule has 1 aliphatic carbocycles. The van der Waals surface area contributed by atoms with Crippen molar-refractivity contribution in [3.63, 3.8) is 0 Å². The van der Waals surface area contributed by atoms with E-state index in [4.69, 9.17) is 4.74 Å². The summed E-state index contributed by atoms with van der Waals surface area (Å²) < 4.78 is 19.1. The molecule has 1 aliphatic heterocycles. The molecule has 0 bridgehead atoms. The van der Waals surface area contributed by atoms with Gasteiger partial charge in [0.2, 0.25) is 5.91 Å². The number of hydrogen-bond acceptors (Lipinski definition) is 4. The number of likely N-dealkylation sites (tertiary alicyclic amines) is 1. The molecule has 0 N–H and O–H groups in total. The molecule has 0 spiro atoms. The van der Waals surface area contributed by atoms with Gasteiger partial charge in [0.25, 0.3) is 5.91 Å². The summed E-state index contributed by atoms with van der Waals surface area (Å²) in [5, 5.41) is 0. The number of rotatable bonds is 7. The minimum atomic E-state index is -0.534. The van der Waals surface area contributed by atoms with Gasteiger partial charge in [-0.2, -0.15) is 0 Å². The number of halogens is 1. The van der Waals surface area contributed by atoms with Gasteiger partial charge in [-0.25, -0.2) is 4.39 Å². The van der Waals surface area contributed by atoms with E-state index >= 15 is 0 Å². The van der Waals surface area contributed by atoms with Crippen LogP contribution < -0.4 is 0 Å². The van der Waals surface area contributed by atoms with Crippen LogP contribution in [-0.4, -0.2) is 52.8 Å². The molecule has 7 heteroatoms. The van der Waals surface area contributed by atoms with Crippen molar-refractivity contribution < 1.29 is 23.5 Å². The van der Waals surface area contributed by atoms with E-state index in [1.807, 2.05) is 13.8 Å². The highest BCUT2D eigenvalue weighted by Crippen LogP contribution is 2.29. The Hall–Kier alpha value is -2.44. The summed E-state index contributed by atoms with van der Waals surface area (Å²) >= 11 is 0. The number of benzene rings is 1. The van der Waals surface area contributed by atoms with Crippen molar-refractivity contribution in [3.05, 3.63) is 35.6 Å². The maximum Gasteiger partial charge on any atom is 0.311 e. The summed E-state index contributed by atoms with van der Waals surface area (Å²) in [6, 6.07) is 6.44. The van der Waals surface area contributed by atoms with Crippen molar-refractivity contribution in [1.29, 1.82) is 0 Å². The van der Waals surface area contributed by atoms with Crippen LogP contribution in [0.4, 0.5) is 4.39 Å². The fourth-order valence-electron chi connectivity index (χ4n) is 3.34. The second-order valence-corrected chi connectivity index (χ2v) is 7.49. The van der Waals surface area contributed by atoms with E-state index in [1.165, 1.54) is 6.07 Å². The quantitative estimate of drug-likeness (QED) is 0.684. The summed E-state index contributed by atoms with van der Waals surface area (Å²) in [5.41, 5.74) is 0.443. The van der Waals surface area contributed by atoms with Crippen LogP contribution in [0.3, 0.4) is 0 Å². The average Bonchev–Trinajstić information content (AvgIpc) is 3.39. The van der Waals surface area contributed by atoms with E-state index in [0.717, 1.165) is 12.8 Å². The molecule has 1 saturated carbocycles. The molecule has 1 saturated heterocycles. The maximum atomic E-state index is 13.9. The number of esters is 1. The Morgan fingerprint density at radius 1 is 1.30 bits per heavy atom. The van der Waals surface area contributed by atoms with Gasteiger partial charge in [-0.1, -0.05) is 18.2 Å². The molecule has 1 aromatic rings. The van der Waals surface area contributed by atoms with Gasteiger partial charge in [-0.15, -0.1) is 0 Å². The lowest BCUT2D eigenvalue weighted by atomic mass is 10.1. The molecule has 1 aromatic carbocycles. The zero-order valence-corrected chi connectivity index (χ0v) is 15.7. The van der Waals surface area contributed by atoms with Crippen molar-refractivity contribution >= 4 is 17.8 Å². The summed E-state index contributed by atoms with van der Waals surface area (Å²) in [6.45, 7) is 3.90. The van der Waals surface area contributed by atoms with Crippen LogP contribution >= 0.6 is 0 Å². The SMILES string of the molecule is CC(C)N1C[C@@H](C(=O)OCC(=O)N(Cc2ccccc2F)C2CC2)CC1=O. The maximum absolute atomic E-state index is 13.9. The summed E-state index contributed by atoms with van der Waals surface area (Å²) in [4.78, 5) is 39.9. The predicted octanol–water partition coefficient (Wildman–Crippen LogP) is 2.12. The van der Waals surface area contributed by atoms with Gasteiger partial charge in [0, 0.05) is 37.2 Å². The second kappa shape index (κ2) is 8.06. The lowest BCUT2D eigenvalue weighted by Gasteiger charge is -2.23. The van der Waals surface area contributed by atoms with Gasteiger partial charge in [0.1, 0.15) is 5.82 Å². The summed E-state index contributed by atoms with van der Waals surface area (Å²) in [6.07, 6.45) is 1.86. The van der Waals surface area contributed by atoms with E-state index < -0.39 is 11.9 Å². The molecule has 2 amide bonds. The first kappa shape index (κ1) is 19.3. The van der Waals surface area contributed by atoms with Crippen molar-refractivity contribution in [1.82, 2.24) is 9.80 Å². The van der Waals surface area contributed by atoms with Crippen molar-refractivity contribution in [3.8, 4) is 0 Å². The van der Waals surface area contributed by atoms with Crippen LogP contribution in [0.15, 0.2) is 24.3 Å². The highest BCUT2D eigenvalue weighted by Gasteiger charge is 2.38. The van der Waals surface area contributed by atoms with Gasteiger partial charge in [-0.05, 0) is 32.8 Å². The Morgan fingerprint density at radius 2 is 2.00 bits per heavy atom. The van der Waals surface area contributed by atoms with Crippen molar-refractivity contribution in [2.75, 3.05) is 13.2 Å². The van der Waals surface area contributed by atoms with Gasteiger partial charge >= 0.3 is 5.97 Å². The van der Waals surface area contributed by atoms with Crippen LogP contribution in [0.1, 0.15) is 38.7 Å². The Labute approximate surface area is 158 Å². The molecule has 6 nitrogen and oxygen atoms in total. The van der Waals surface area contributed by atoms with Crippen LogP contribution in [-0.2, 0) is 25.7 Å².